The first-order chi connectivity index (χ1) is 10.8. The van der Waals surface area contributed by atoms with Gasteiger partial charge in [-0.3, -0.25) is 14.4 Å². The number of carbonyl (C=O) groups is 2. The van der Waals surface area contributed by atoms with Gasteiger partial charge in [0.2, 0.25) is 5.91 Å². The molecule has 0 aromatic carbocycles. The highest BCUT2D eigenvalue weighted by Gasteiger charge is 2.51. The minimum atomic E-state index is -0.958. The molecule has 0 aliphatic carbocycles. The number of nitrogens with zero attached hydrogens (tertiary/aromatic N) is 2. The summed E-state index contributed by atoms with van der Waals surface area (Å²) in [5, 5.41) is 12.2. The van der Waals surface area contributed by atoms with Crippen LogP contribution in [0.2, 0.25) is 5.02 Å². The van der Waals surface area contributed by atoms with Crippen LogP contribution >= 0.6 is 11.6 Å². The van der Waals surface area contributed by atoms with Gasteiger partial charge < -0.3 is 20.3 Å². The van der Waals surface area contributed by atoms with Gasteiger partial charge in [-0.1, -0.05) is 11.6 Å². The number of halogens is 1. The van der Waals surface area contributed by atoms with Gasteiger partial charge in [-0.25, -0.2) is 4.98 Å². The summed E-state index contributed by atoms with van der Waals surface area (Å²) in [4.78, 5) is 43.5. The highest BCUT2D eigenvalue weighted by Crippen LogP contribution is 2.38. The summed E-state index contributed by atoms with van der Waals surface area (Å²) in [7, 11) is 0. The van der Waals surface area contributed by atoms with Crippen LogP contribution in [0.5, 0.6) is 0 Å². The summed E-state index contributed by atoms with van der Waals surface area (Å²) in [5.41, 5.74) is -1.12. The van der Waals surface area contributed by atoms with E-state index in [2.05, 4.69) is 15.3 Å². The number of H-pyrrole nitrogens is 1. The number of carbonyl (C=O) groups excluding carboxylic acids is 1. The standard InChI is InChI=1S/C14H17ClN4O4/c1-7-16-11(10(15)12(21)17-7)19-4-2-14(3-5-19)8(13(22)23)6-9(20)18-14/h8H,2-6H2,1H3,(H,18,20)(H,22,23)(H,16,17,21)/t8-/m1/s1. The van der Waals surface area contributed by atoms with Crippen molar-refractivity contribution in [1.82, 2.24) is 15.3 Å². The van der Waals surface area contributed by atoms with Gasteiger partial charge in [0.1, 0.15) is 10.8 Å². The summed E-state index contributed by atoms with van der Waals surface area (Å²) in [5.74, 6) is -1.04. The fraction of sp³-hybridized carbons (Fsp3) is 0.571. The molecule has 1 aromatic rings. The Morgan fingerprint density at radius 1 is 1.39 bits per heavy atom. The summed E-state index contributed by atoms with van der Waals surface area (Å²) in [6.07, 6.45) is 0.956. The fourth-order valence-electron chi connectivity index (χ4n) is 3.48. The van der Waals surface area contributed by atoms with E-state index in [-0.39, 0.29) is 17.4 Å². The van der Waals surface area contributed by atoms with Gasteiger partial charge in [0.25, 0.3) is 5.56 Å². The molecule has 8 nitrogen and oxygen atoms in total. The normalized spacial score (nSPS) is 23.1. The largest absolute Gasteiger partial charge is 0.481 e. The smallest absolute Gasteiger partial charge is 0.309 e. The number of carboxylic acids is 1. The van der Waals surface area contributed by atoms with E-state index in [1.165, 1.54) is 0 Å². The van der Waals surface area contributed by atoms with E-state index in [1.807, 2.05) is 4.90 Å². The molecule has 9 heteroatoms. The van der Waals surface area contributed by atoms with Gasteiger partial charge >= 0.3 is 5.97 Å². The quantitative estimate of drug-likeness (QED) is 0.712. The molecule has 0 unspecified atom stereocenters. The minimum absolute atomic E-state index is 0.0124. The Bertz CT molecular complexity index is 724. The topological polar surface area (TPSA) is 115 Å². The van der Waals surface area contributed by atoms with Crippen LogP contribution in [-0.4, -0.2) is 45.6 Å². The van der Waals surface area contributed by atoms with Crippen molar-refractivity contribution >= 4 is 29.3 Å². The first kappa shape index (κ1) is 15.8. The van der Waals surface area contributed by atoms with E-state index in [9.17, 15) is 19.5 Å². The second kappa shape index (κ2) is 5.52. The Morgan fingerprint density at radius 3 is 2.65 bits per heavy atom. The predicted molar refractivity (Wildman–Crippen MR) is 82.7 cm³/mol. The number of amides is 1. The van der Waals surface area contributed by atoms with Crippen molar-refractivity contribution in [1.29, 1.82) is 0 Å². The number of nitrogens with one attached hydrogen (secondary N) is 2. The van der Waals surface area contributed by atoms with Crippen molar-refractivity contribution in [3.8, 4) is 0 Å². The van der Waals surface area contributed by atoms with Crippen molar-refractivity contribution in [2.45, 2.75) is 31.7 Å². The summed E-state index contributed by atoms with van der Waals surface area (Å²) in [6, 6.07) is 0. The number of hydrogen-bond acceptors (Lipinski definition) is 5. The van der Waals surface area contributed by atoms with Gasteiger partial charge in [-0.15, -0.1) is 0 Å². The number of piperidine rings is 1. The van der Waals surface area contributed by atoms with E-state index in [1.54, 1.807) is 6.92 Å². The molecule has 1 atom stereocenters. The number of rotatable bonds is 2. The van der Waals surface area contributed by atoms with E-state index < -0.39 is 23.0 Å². The molecule has 2 aliphatic heterocycles. The third-order valence-electron chi connectivity index (χ3n) is 4.66. The highest BCUT2D eigenvalue weighted by atomic mass is 35.5. The van der Waals surface area contributed by atoms with Gasteiger partial charge in [-0.2, -0.15) is 0 Å². The van der Waals surface area contributed by atoms with Crippen LogP contribution in [0.25, 0.3) is 0 Å². The second-order valence-electron chi connectivity index (χ2n) is 6.08. The van der Waals surface area contributed by atoms with Crippen LogP contribution < -0.4 is 15.8 Å². The maximum absolute atomic E-state index is 11.7. The molecule has 1 aromatic heterocycles. The molecule has 124 valence electrons. The molecule has 1 amide bonds. The minimum Gasteiger partial charge on any atom is -0.481 e. The van der Waals surface area contributed by atoms with Crippen LogP contribution in [0.15, 0.2) is 4.79 Å². The molecular formula is C14H17ClN4O4. The molecule has 3 rings (SSSR count). The Morgan fingerprint density at radius 2 is 2.04 bits per heavy atom. The predicted octanol–water partition coefficient (Wildman–Crippen LogP) is 0.291. The number of aromatic nitrogens is 2. The highest BCUT2D eigenvalue weighted by molar-refractivity contribution is 6.32. The van der Waals surface area contributed by atoms with Crippen molar-refractivity contribution in [3.63, 3.8) is 0 Å². The molecule has 2 saturated heterocycles. The average molecular weight is 341 g/mol. The van der Waals surface area contributed by atoms with Crippen molar-refractivity contribution < 1.29 is 14.7 Å². The van der Waals surface area contributed by atoms with Gasteiger partial charge in [0.15, 0.2) is 5.82 Å². The summed E-state index contributed by atoms with van der Waals surface area (Å²) < 4.78 is 0. The Kier molecular flexibility index (Phi) is 3.79. The lowest BCUT2D eigenvalue weighted by Gasteiger charge is -2.42. The molecule has 1 spiro atoms. The monoisotopic (exact) mass is 340 g/mol. The van der Waals surface area contributed by atoms with E-state index in [4.69, 9.17) is 11.6 Å². The average Bonchev–Trinajstić information content (AvgIpc) is 2.80. The lowest BCUT2D eigenvalue weighted by molar-refractivity contribution is -0.144. The Balaban J connectivity index is 1.83. The van der Waals surface area contributed by atoms with Gasteiger partial charge in [-0.05, 0) is 19.8 Å². The Labute approximate surface area is 136 Å². The molecular weight excluding hydrogens is 324 g/mol. The maximum Gasteiger partial charge on any atom is 0.309 e. The zero-order valence-electron chi connectivity index (χ0n) is 12.6. The van der Waals surface area contributed by atoms with Crippen molar-refractivity contribution in [3.05, 3.63) is 21.2 Å². The third kappa shape index (κ3) is 2.67. The molecule has 0 bridgehead atoms. The maximum atomic E-state index is 11.7. The van der Waals surface area contributed by atoms with Crippen molar-refractivity contribution in [2.75, 3.05) is 18.0 Å². The number of aryl methyl sites for hydroxylation is 1. The molecule has 2 aliphatic rings. The van der Waals surface area contributed by atoms with Crippen LogP contribution in [0.4, 0.5) is 5.82 Å². The first-order valence-corrected chi connectivity index (χ1v) is 7.75. The summed E-state index contributed by atoms with van der Waals surface area (Å²) >= 11 is 6.04. The van der Waals surface area contributed by atoms with Gasteiger partial charge in [0, 0.05) is 19.5 Å². The van der Waals surface area contributed by atoms with Crippen LogP contribution in [0, 0.1) is 12.8 Å². The van der Waals surface area contributed by atoms with E-state index in [0.29, 0.717) is 37.6 Å². The van der Waals surface area contributed by atoms with Gasteiger partial charge in [0.05, 0.1) is 11.5 Å². The second-order valence-corrected chi connectivity index (χ2v) is 6.45. The lowest BCUT2D eigenvalue weighted by Crippen LogP contribution is -2.56. The van der Waals surface area contributed by atoms with Crippen LogP contribution in [0.1, 0.15) is 25.1 Å². The lowest BCUT2D eigenvalue weighted by atomic mass is 9.78. The number of hydrogen-bond donors (Lipinski definition) is 3. The SMILES string of the molecule is Cc1nc(N2CCC3(CC2)NC(=O)C[C@@H]3C(=O)O)c(Cl)c(=O)[nH]1. The van der Waals surface area contributed by atoms with E-state index in [0.717, 1.165) is 0 Å². The first-order valence-electron chi connectivity index (χ1n) is 7.37. The molecule has 0 saturated carbocycles. The number of anilines is 1. The number of carboxylic acid groups (broad SMARTS) is 1. The molecule has 3 heterocycles. The molecule has 2 fully saturated rings. The summed E-state index contributed by atoms with van der Waals surface area (Å²) in [6.45, 7) is 2.61. The fourth-order valence-corrected chi connectivity index (χ4v) is 3.69. The molecule has 0 radical (unpaired) electrons. The van der Waals surface area contributed by atoms with Crippen molar-refractivity contribution in [2.24, 2.45) is 5.92 Å². The van der Waals surface area contributed by atoms with Crippen LogP contribution in [0.3, 0.4) is 0 Å². The molecule has 3 N–H and O–H groups in total. The zero-order chi connectivity index (χ0) is 16.8. The number of aromatic amines is 1. The zero-order valence-corrected chi connectivity index (χ0v) is 13.3. The Hall–Kier alpha value is -2.09. The van der Waals surface area contributed by atoms with Crippen LogP contribution in [-0.2, 0) is 9.59 Å². The number of aliphatic carboxylic acids is 1. The third-order valence-corrected chi connectivity index (χ3v) is 5.00. The molecule has 23 heavy (non-hydrogen) atoms. The van der Waals surface area contributed by atoms with E-state index >= 15 is 0 Å².